The number of carbonyl (C=O) groups is 1. The van der Waals surface area contributed by atoms with Crippen LogP contribution in [0, 0.1) is 0 Å². The van der Waals surface area contributed by atoms with Crippen LogP contribution in [0.5, 0.6) is 0 Å². The van der Waals surface area contributed by atoms with E-state index in [0.29, 0.717) is 25.2 Å². The quantitative estimate of drug-likeness (QED) is 0.666. The third kappa shape index (κ3) is 3.27. The lowest BCUT2D eigenvalue weighted by atomic mass is 10.2. The van der Waals surface area contributed by atoms with Crippen molar-refractivity contribution in [3.8, 4) is 0 Å². The van der Waals surface area contributed by atoms with E-state index in [-0.39, 0.29) is 5.91 Å². The summed E-state index contributed by atoms with van der Waals surface area (Å²) in [4.78, 5) is 13.4. The van der Waals surface area contributed by atoms with Gasteiger partial charge in [-0.15, -0.1) is 0 Å². The van der Waals surface area contributed by atoms with Crippen molar-refractivity contribution < 1.29 is 4.79 Å². The SMILES string of the molecule is CCNC(=O)CN(C)C1CCC(N)C1. The first-order valence-corrected chi connectivity index (χ1v) is 5.36. The van der Waals surface area contributed by atoms with E-state index >= 15 is 0 Å². The van der Waals surface area contributed by atoms with Crippen molar-refractivity contribution in [2.75, 3.05) is 20.1 Å². The van der Waals surface area contributed by atoms with Crippen LogP contribution in [-0.2, 0) is 4.79 Å². The number of carbonyl (C=O) groups excluding carboxylic acids is 1. The van der Waals surface area contributed by atoms with Gasteiger partial charge in [-0.2, -0.15) is 0 Å². The van der Waals surface area contributed by atoms with Crippen LogP contribution in [0.4, 0.5) is 0 Å². The van der Waals surface area contributed by atoms with Crippen molar-refractivity contribution in [3.63, 3.8) is 0 Å². The Kier molecular flexibility index (Phi) is 4.35. The van der Waals surface area contributed by atoms with E-state index in [0.717, 1.165) is 19.3 Å². The largest absolute Gasteiger partial charge is 0.355 e. The first kappa shape index (κ1) is 11.5. The van der Waals surface area contributed by atoms with Gasteiger partial charge in [0.15, 0.2) is 0 Å². The van der Waals surface area contributed by atoms with Gasteiger partial charge >= 0.3 is 0 Å². The fourth-order valence-corrected chi connectivity index (χ4v) is 2.00. The number of nitrogens with two attached hydrogens (primary N) is 1. The van der Waals surface area contributed by atoms with Gasteiger partial charge in [0.1, 0.15) is 0 Å². The Morgan fingerprint density at radius 3 is 2.79 bits per heavy atom. The molecule has 0 saturated heterocycles. The summed E-state index contributed by atoms with van der Waals surface area (Å²) in [5.74, 6) is 0.107. The fraction of sp³-hybridized carbons (Fsp3) is 0.900. The highest BCUT2D eigenvalue weighted by atomic mass is 16.2. The molecule has 0 radical (unpaired) electrons. The number of nitrogens with zero attached hydrogens (tertiary/aromatic N) is 1. The molecule has 1 aliphatic rings. The van der Waals surface area contributed by atoms with Crippen LogP contribution in [0.1, 0.15) is 26.2 Å². The average molecular weight is 199 g/mol. The molecule has 3 N–H and O–H groups in total. The predicted octanol–water partition coefficient (Wildman–Crippen LogP) is -0.0659. The van der Waals surface area contributed by atoms with Gasteiger partial charge in [0.05, 0.1) is 6.54 Å². The molecule has 1 rings (SSSR count). The van der Waals surface area contributed by atoms with Crippen LogP contribution in [0.15, 0.2) is 0 Å². The molecule has 82 valence electrons. The minimum atomic E-state index is 0.107. The normalized spacial score (nSPS) is 26.9. The Morgan fingerprint density at radius 2 is 2.29 bits per heavy atom. The summed E-state index contributed by atoms with van der Waals surface area (Å²) in [5.41, 5.74) is 5.83. The molecule has 0 bridgehead atoms. The lowest BCUT2D eigenvalue weighted by Crippen LogP contribution is -2.40. The van der Waals surface area contributed by atoms with Gasteiger partial charge in [-0.25, -0.2) is 0 Å². The zero-order chi connectivity index (χ0) is 10.6. The summed E-state index contributed by atoms with van der Waals surface area (Å²) in [7, 11) is 2.00. The van der Waals surface area contributed by atoms with Crippen molar-refractivity contribution in [2.45, 2.75) is 38.3 Å². The maximum absolute atomic E-state index is 11.3. The minimum Gasteiger partial charge on any atom is -0.355 e. The molecule has 1 aliphatic carbocycles. The van der Waals surface area contributed by atoms with Crippen LogP contribution in [0.25, 0.3) is 0 Å². The Labute approximate surface area is 85.8 Å². The zero-order valence-corrected chi connectivity index (χ0v) is 9.12. The Morgan fingerprint density at radius 1 is 1.57 bits per heavy atom. The van der Waals surface area contributed by atoms with Crippen LogP contribution >= 0.6 is 0 Å². The zero-order valence-electron chi connectivity index (χ0n) is 9.12. The second-order valence-corrected chi connectivity index (χ2v) is 4.10. The van der Waals surface area contributed by atoms with Crippen molar-refractivity contribution >= 4 is 5.91 Å². The van der Waals surface area contributed by atoms with E-state index < -0.39 is 0 Å². The van der Waals surface area contributed by atoms with E-state index in [4.69, 9.17) is 5.73 Å². The van der Waals surface area contributed by atoms with Crippen molar-refractivity contribution in [1.82, 2.24) is 10.2 Å². The molecule has 0 aromatic carbocycles. The Bertz CT molecular complexity index is 196. The first-order chi connectivity index (χ1) is 6.63. The molecule has 2 atom stereocenters. The highest BCUT2D eigenvalue weighted by Crippen LogP contribution is 2.21. The van der Waals surface area contributed by atoms with Crippen molar-refractivity contribution in [1.29, 1.82) is 0 Å². The van der Waals surface area contributed by atoms with Crippen molar-refractivity contribution in [2.24, 2.45) is 5.73 Å². The molecule has 4 nitrogen and oxygen atoms in total. The molecule has 4 heteroatoms. The molecular weight excluding hydrogens is 178 g/mol. The van der Waals surface area contributed by atoms with E-state index in [1.807, 2.05) is 14.0 Å². The van der Waals surface area contributed by atoms with E-state index in [1.165, 1.54) is 0 Å². The number of nitrogens with one attached hydrogen (secondary N) is 1. The van der Waals surface area contributed by atoms with Crippen LogP contribution in [0.2, 0.25) is 0 Å². The molecule has 1 fully saturated rings. The number of hydrogen-bond acceptors (Lipinski definition) is 3. The molecular formula is C10H21N3O. The van der Waals surface area contributed by atoms with E-state index in [2.05, 4.69) is 10.2 Å². The number of hydrogen-bond donors (Lipinski definition) is 2. The summed E-state index contributed by atoms with van der Waals surface area (Å²) < 4.78 is 0. The molecule has 2 unspecified atom stereocenters. The number of likely N-dealkylation sites (N-methyl/N-ethyl adjacent to an activating group) is 2. The lowest BCUT2D eigenvalue weighted by Gasteiger charge is -2.23. The first-order valence-electron chi connectivity index (χ1n) is 5.36. The van der Waals surface area contributed by atoms with Gasteiger partial charge in [-0.1, -0.05) is 0 Å². The smallest absolute Gasteiger partial charge is 0.234 e. The highest BCUT2D eigenvalue weighted by Gasteiger charge is 2.25. The van der Waals surface area contributed by atoms with Gasteiger partial charge in [-0.3, -0.25) is 9.69 Å². The number of amides is 1. The Hall–Kier alpha value is -0.610. The molecule has 0 aliphatic heterocycles. The van der Waals surface area contributed by atoms with Crippen molar-refractivity contribution in [3.05, 3.63) is 0 Å². The third-order valence-electron chi connectivity index (χ3n) is 2.84. The summed E-state index contributed by atoms with van der Waals surface area (Å²) in [5, 5.41) is 2.80. The minimum absolute atomic E-state index is 0.107. The summed E-state index contributed by atoms with van der Waals surface area (Å²) in [6.07, 6.45) is 3.23. The summed E-state index contributed by atoms with van der Waals surface area (Å²) in [6, 6.07) is 0.823. The number of rotatable bonds is 4. The monoisotopic (exact) mass is 199 g/mol. The highest BCUT2D eigenvalue weighted by molar-refractivity contribution is 5.77. The molecule has 0 heterocycles. The third-order valence-corrected chi connectivity index (χ3v) is 2.84. The van der Waals surface area contributed by atoms with Crippen LogP contribution in [0.3, 0.4) is 0 Å². The van der Waals surface area contributed by atoms with E-state index in [9.17, 15) is 4.79 Å². The Balaban J connectivity index is 2.27. The maximum atomic E-state index is 11.3. The summed E-state index contributed by atoms with van der Waals surface area (Å²) >= 11 is 0. The van der Waals surface area contributed by atoms with Gasteiger partial charge < -0.3 is 11.1 Å². The molecule has 0 aromatic heterocycles. The lowest BCUT2D eigenvalue weighted by molar-refractivity contribution is -0.122. The second kappa shape index (κ2) is 5.32. The van der Waals surface area contributed by atoms with Crippen LogP contribution < -0.4 is 11.1 Å². The molecule has 1 amide bonds. The average Bonchev–Trinajstić information content (AvgIpc) is 2.52. The maximum Gasteiger partial charge on any atom is 0.234 e. The van der Waals surface area contributed by atoms with Gasteiger partial charge in [0.25, 0.3) is 0 Å². The molecule has 14 heavy (non-hydrogen) atoms. The molecule has 0 spiro atoms. The topological polar surface area (TPSA) is 58.4 Å². The summed E-state index contributed by atoms with van der Waals surface area (Å²) in [6.45, 7) is 3.13. The van der Waals surface area contributed by atoms with E-state index in [1.54, 1.807) is 0 Å². The van der Waals surface area contributed by atoms with Gasteiger partial charge in [0, 0.05) is 18.6 Å². The second-order valence-electron chi connectivity index (χ2n) is 4.10. The van der Waals surface area contributed by atoms with Gasteiger partial charge in [0.2, 0.25) is 5.91 Å². The fourth-order valence-electron chi connectivity index (χ4n) is 2.00. The van der Waals surface area contributed by atoms with Gasteiger partial charge in [-0.05, 0) is 33.2 Å². The molecule has 1 saturated carbocycles. The molecule has 0 aromatic rings. The van der Waals surface area contributed by atoms with Crippen LogP contribution in [-0.4, -0.2) is 43.0 Å². The predicted molar refractivity (Wildman–Crippen MR) is 56.9 cm³/mol. The standard InChI is InChI=1S/C10H21N3O/c1-3-12-10(14)7-13(2)9-5-4-8(11)6-9/h8-9H,3-7,11H2,1-2H3,(H,12,14).